The van der Waals surface area contributed by atoms with Crippen molar-refractivity contribution in [3.8, 4) is 5.69 Å². The van der Waals surface area contributed by atoms with Gasteiger partial charge in [-0.05, 0) is 49.4 Å². The molecule has 0 aliphatic carbocycles. The summed E-state index contributed by atoms with van der Waals surface area (Å²) in [6.07, 6.45) is 0. The number of nitrogens with one attached hydrogen (secondary N) is 1. The Bertz CT molecular complexity index is 1140. The van der Waals surface area contributed by atoms with Crippen LogP contribution in [-0.2, 0) is 4.79 Å². The summed E-state index contributed by atoms with van der Waals surface area (Å²) < 4.78 is 2.09. The summed E-state index contributed by atoms with van der Waals surface area (Å²) >= 11 is 7.39. The lowest BCUT2D eigenvalue weighted by atomic mass is 10.2. The van der Waals surface area contributed by atoms with E-state index in [9.17, 15) is 4.79 Å². The third-order valence-electron chi connectivity index (χ3n) is 4.26. The monoisotopic (exact) mass is 407 g/mol. The van der Waals surface area contributed by atoms with Crippen LogP contribution in [-0.4, -0.2) is 21.2 Å². The second-order valence-electron chi connectivity index (χ2n) is 6.40. The molecule has 0 spiro atoms. The van der Waals surface area contributed by atoms with Crippen LogP contribution in [0.15, 0.2) is 78.0 Å². The van der Waals surface area contributed by atoms with Crippen LogP contribution in [0.3, 0.4) is 0 Å². The molecule has 1 amide bonds. The van der Waals surface area contributed by atoms with Crippen molar-refractivity contribution in [2.75, 3.05) is 11.1 Å². The molecule has 0 radical (unpaired) electrons. The van der Waals surface area contributed by atoms with Gasteiger partial charge in [-0.1, -0.05) is 59.3 Å². The van der Waals surface area contributed by atoms with Gasteiger partial charge in [0.15, 0.2) is 5.16 Å². The fourth-order valence-corrected chi connectivity index (χ4v) is 3.96. The van der Waals surface area contributed by atoms with E-state index in [1.807, 2.05) is 36.4 Å². The van der Waals surface area contributed by atoms with Crippen molar-refractivity contribution < 1.29 is 4.79 Å². The maximum absolute atomic E-state index is 12.4. The zero-order valence-corrected chi connectivity index (χ0v) is 16.8. The fourth-order valence-electron chi connectivity index (χ4n) is 2.94. The number of imidazole rings is 1. The molecule has 0 fully saturated rings. The minimum atomic E-state index is -0.102. The third-order valence-corrected chi connectivity index (χ3v) is 5.44. The highest BCUT2D eigenvalue weighted by atomic mass is 35.5. The molecule has 1 aromatic heterocycles. The molecule has 140 valence electrons. The summed E-state index contributed by atoms with van der Waals surface area (Å²) in [4.78, 5) is 17.1. The van der Waals surface area contributed by atoms with Crippen molar-refractivity contribution in [1.82, 2.24) is 9.55 Å². The Balaban J connectivity index is 1.59. The van der Waals surface area contributed by atoms with Gasteiger partial charge >= 0.3 is 0 Å². The van der Waals surface area contributed by atoms with Gasteiger partial charge in [0, 0.05) is 16.4 Å². The Morgan fingerprint density at radius 2 is 1.86 bits per heavy atom. The third kappa shape index (κ3) is 4.06. The lowest BCUT2D eigenvalue weighted by Gasteiger charge is -2.10. The Labute approximate surface area is 172 Å². The van der Waals surface area contributed by atoms with E-state index in [-0.39, 0.29) is 11.7 Å². The maximum Gasteiger partial charge on any atom is 0.234 e. The highest BCUT2D eigenvalue weighted by molar-refractivity contribution is 7.99. The quantitative estimate of drug-likeness (QED) is 0.430. The summed E-state index contributed by atoms with van der Waals surface area (Å²) in [5.74, 6) is 0.150. The predicted molar refractivity (Wildman–Crippen MR) is 117 cm³/mol. The second kappa shape index (κ2) is 8.09. The number of anilines is 1. The average Bonchev–Trinajstić information content (AvgIpc) is 3.05. The van der Waals surface area contributed by atoms with Gasteiger partial charge in [-0.3, -0.25) is 9.36 Å². The molecule has 4 nitrogen and oxygen atoms in total. The summed E-state index contributed by atoms with van der Waals surface area (Å²) in [7, 11) is 0. The van der Waals surface area contributed by atoms with Crippen molar-refractivity contribution in [1.29, 1.82) is 0 Å². The standard InChI is InChI=1S/C22H18ClN3OS/c1-15-9-11-18(12-10-15)26-20-8-3-2-7-19(20)25-22(26)28-14-21(27)24-17-6-4-5-16(23)13-17/h2-13H,14H2,1H3,(H,24,27). The molecular weight excluding hydrogens is 390 g/mol. The van der Waals surface area contributed by atoms with Crippen LogP contribution < -0.4 is 5.32 Å². The Kier molecular flexibility index (Phi) is 5.37. The number of halogens is 1. The molecule has 3 aromatic carbocycles. The molecule has 0 saturated carbocycles. The normalized spacial score (nSPS) is 10.9. The first-order chi connectivity index (χ1) is 13.6. The van der Waals surface area contributed by atoms with E-state index in [1.165, 1.54) is 17.3 Å². The van der Waals surface area contributed by atoms with Gasteiger partial charge in [0.1, 0.15) is 0 Å². The molecule has 0 saturated heterocycles. The van der Waals surface area contributed by atoms with Crippen LogP contribution in [0.1, 0.15) is 5.56 Å². The van der Waals surface area contributed by atoms with Crippen molar-refractivity contribution in [2.24, 2.45) is 0 Å². The lowest BCUT2D eigenvalue weighted by Crippen LogP contribution is -2.14. The molecule has 6 heteroatoms. The van der Waals surface area contributed by atoms with Gasteiger partial charge in [-0.15, -0.1) is 0 Å². The number of aromatic nitrogens is 2. The molecule has 4 rings (SSSR count). The first-order valence-electron chi connectivity index (χ1n) is 8.83. The molecule has 28 heavy (non-hydrogen) atoms. The van der Waals surface area contributed by atoms with Crippen LogP contribution in [0.4, 0.5) is 5.69 Å². The van der Waals surface area contributed by atoms with Gasteiger partial charge < -0.3 is 5.32 Å². The first-order valence-corrected chi connectivity index (χ1v) is 10.2. The zero-order chi connectivity index (χ0) is 19.5. The molecule has 0 bridgehead atoms. The van der Waals surface area contributed by atoms with Crippen LogP contribution in [0.25, 0.3) is 16.7 Å². The molecule has 0 aliphatic heterocycles. The fraction of sp³-hybridized carbons (Fsp3) is 0.0909. The summed E-state index contributed by atoms with van der Waals surface area (Å²) in [5, 5.41) is 4.25. The number of carbonyl (C=O) groups is 1. The topological polar surface area (TPSA) is 46.9 Å². The number of carbonyl (C=O) groups excluding carboxylic acids is 1. The van der Waals surface area contributed by atoms with Crippen LogP contribution in [0, 0.1) is 6.92 Å². The lowest BCUT2D eigenvalue weighted by molar-refractivity contribution is -0.113. The first kappa shape index (κ1) is 18.6. The van der Waals surface area contributed by atoms with E-state index in [2.05, 4.69) is 41.1 Å². The van der Waals surface area contributed by atoms with Crippen molar-refractivity contribution in [3.05, 3.63) is 83.4 Å². The number of thioether (sulfide) groups is 1. The summed E-state index contributed by atoms with van der Waals surface area (Å²) in [5.41, 5.74) is 4.83. The number of rotatable bonds is 5. The number of aryl methyl sites for hydroxylation is 1. The molecule has 1 heterocycles. The molecule has 0 aliphatic rings. The minimum absolute atomic E-state index is 0.102. The van der Waals surface area contributed by atoms with E-state index >= 15 is 0 Å². The van der Waals surface area contributed by atoms with E-state index in [4.69, 9.17) is 16.6 Å². The number of fused-ring (bicyclic) bond motifs is 1. The van der Waals surface area contributed by atoms with Crippen LogP contribution in [0.5, 0.6) is 0 Å². The number of nitrogens with zero attached hydrogens (tertiary/aromatic N) is 2. The molecule has 0 unspecified atom stereocenters. The highest BCUT2D eigenvalue weighted by Crippen LogP contribution is 2.28. The van der Waals surface area contributed by atoms with E-state index in [1.54, 1.807) is 12.1 Å². The average molecular weight is 408 g/mol. The molecular formula is C22H18ClN3OS. The largest absolute Gasteiger partial charge is 0.325 e. The van der Waals surface area contributed by atoms with Gasteiger partial charge in [-0.2, -0.15) is 0 Å². The number of benzene rings is 3. The van der Waals surface area contributed by atoms with Crippen LogP contribution >= 0.6 is 23.4 Å². The van der Waals surface area contributed by atoms with Gasteiger partial charge in [0.2, 0.25) is 5.91 Å². The van der Waals surface area contributed by atoms with Crippen molar-refractivity contribution in [2.45, 2.75) is 12.1 Å². The van der Waals surface area contributed by atoms with Gasteiger partial charge in [-0.25, -0.2) is 4.98 Å². The van der Waals surface area contributed by atoms with Crippen molar-refractivity contribution in [3.63, 3.8) is 0 Å². The Hall–Kier alpha value is -2.76. The summed E-state index contributed by atoms with van der Waals surface area (Å²) in [6.45, 7) is 2.06. The smallest absolute Gasteiger partial charge is 0.234 e. The van der Waals surface area contributed by atoms with Gasteiger partial charge in [0.05, 0.1) is 16.8 Å². The Morgan fingerprint density at radius 3 is 2.64 bits per heavy atom. The van der Waals surface area contributed by atoms with E-state index < -0.39 is 0 Å². The minimum Gasteiger partial charge on any atom is -0.325 e. The van der Waals surface area contributed by atoms with E-state index in [0.717, 1.165) is 21.9 Å². The number of hydrogen-bond donors (Lipinski definition) is 1. The zero-order valence-electron chi connectivity index (χ0n) is 15.2. The number of amides is 1. The molecule has 4 aromatic rings. The van der Waals surface area contributed by atoms with Crippen LogP contribution in [0.2, 0.25) is 5.02 Å². The number of hydrogen-bond acceptors (Lipinski definition) is 3. The molecule has 0 atom stereocenters. The van der Waals surface area contributed by atoms with Gasteiger partial charge in [0.25, 0.3) is 0 Å². The van der Waals surface area contributed by atoms with E-state index in [0.29, 0.717) is 10.7 Å². The second-order valence-corrected chi connectivity index (χ2v) is 7.78. The molecule has 1 N–H and O–H groups in total. The van der Waals surface area contributed by atoms with Crippen molar-refractivity contribution >= 4 is 46.0 Å². The number of para-hydroxylation sites is 2. The predicted octanol–water partition coefficient (Wildman–Crippen LogP) is 5.72. The Morgan fingerprint density at radius 1 is 1.07 bits per heavy atom. The maximum atomic E-state index is 12.4. The summed E-state index contributed by atoms with van der Waals surface area (Å²) in [6, 6.07) is 23.4. The SMILES string of the molecule is Cc1ccc(-n2c(SCC(=O)Nc3cccc(Cl)c3)nc3ccccc32)cc1. The highest BCUT2D eigenvalue weighted by Gasteiger charge is 2.14.